The van der Waals surface area contributed by atoms with E-state index in [1.807, 2.05) is 0 Å². The van der Waals surface area contributed by atoms with E-state index < -0.39 is 25.8 Å². The van der Waals surface area contributed by atoms with Crippen molar-refractivity contribution in [3.63, 3.8) is 0 Å². The molecule has 0 aliphatic rings. The third-order valence-corrected chi connectivity index (χ3v) is 4.62. The predicted octanol–water partition coefficient (Wildman–Crippen LogP) is 4.86. The molecule has 0 fully saturated rings. The standard InChI is InChI=1S/C18H39O3P.2H3O3P/c1-2-3-4-5-6-7-8-9-10-11-12-13-14-15-16-17-18-21-22(19)20;2*1-4(2)3/h19-20H,2-18H2,1H3;2*1-3H. The van der Waals surface area contributed by atoms with Gasteiger partial charge in [-0.25, -0.2) is 0 Å². The molecule has 0 saturated carbocycles. The fourth-order valence-electron chi connectivity index (χ4n) is 2.80. The van der Waals surface area contributed by atoms with Crippen molar-refractivity contribution >= 4 is 25.8 Å². The summed E-state index contributed by atoms with van der Waals surface area (Å²) in [5.74, 6) is 0. The first kappa shape index (κ1) is 35.5. The Balaban J connectivity index is -0.000000771. The normalized spacial score (nSPS) is 10.8. The van der Waals surface area contributed by atoms with Crippen LogP contribution in [0.4, 0.5) is 0 Å². The fraction of sp³-hybridized carbons (Fsp3) is 1.00. The van der Waals surface area contributed by atoms with Crippen molar-refractivity contribution in [2.24, 2.45) is 0 Å². The monoisotopic (exact) mass is 498 g/mol. The van der Waals surface area contributed by atoms with E-state index in [-0.39, 0.29) is 0 Å². The molecule has 0 bridgehead atoms. The molecule has 0 rings (SSSR count). The summed E-state index contributed by atoms with van der Waals surface area (Å²) in [6.07, 6.45) is 21.6. The zero-order valence-electron chi connectivity index (χ0n) is 18.3. The van der Waals surface area contributed by atoms with Crippen LogP contribution < -0.4 is 0 Å². The second-order valence-electron chi connectivity index (χ2n) is 6.93. The van der Waals surface area contributed by atoms with Crippen molar-refractivity contribution < 1.29 is 43.7 Å². The minimum absolute atomic E-state index is 0.483. The highest BCUT2D eigenvalue weighted by molar-refractivity contribution is 7.39. The maximum Gasteiger partial charge on any atom is 0.327 e. The molecular weight excluding hydrogens is 453 g/mol. The molecule has 0 heterocycles. The summed E-state index contributed by atoms with van der Waals surface area (Å²) in [6.45, 7) is 2.76. The molecule has 12 heteroatoms. The minimum atomic E-state index is -2.62. The molecule has 9 nitrogen and oxygen atoms in total. The van der Waals surface area contributed by atoms with Crippen LogP contribution in [0.3, 0.4) is 0 Å². The van der Waals surface area contributed by atoms with Crippen molar-refractivity contribution in [2.75, 3.05) is 6.61 Å². The number of rotatable bonds is 18. The van der Waals surface area contributed by atoms with Gasteiger partial charge in [0, 0.05) is 0 Å². The van der Waals surface area contributed by atoms with E-state index in [1.165, 1.54) is 89.9 Å². The maximum atomic E-state index is 8.58. The number of unbranched alkanes of at least 4 members (excludes halogenated alkanes) is 15. The molecule has 0 spiro atoms. The van der Waals surface area contributed by atoms with E-state index in [4.69, 9.17) is 43.7 Å². The summed E-state index contributed by atoms with van der Waals surface area (Å²) >= 11 is 0. The van der Waals surface area contributed by atoms with Crippen LogP contribution in [-0.4, -0.2) is 45.8 Å². The molecule has 0 aromatic carbocycles. The van der Waals surface area contributed by atoms with Gasteiger partial charge in [-0.3, -0.25) is 0 Å². The third kappa shape index (κ3) is 56.8. The minimum Gasteiger partial charge on any atom is -0.328 e. The molecule has 0 unspecified atom stereocenters. The Kier molecular flexibility index (Phi) is 38.0. The highest BCUT2D eigenvalue weighted by Crippen LogP contribution is 2.24. The van der Waals surface area contributed by atoms with Crippen LogP contribution in [0.1, 0.15) is 110 Å². The van der Waals surface area contributed by atoms with Gasteiger partial charge >= 0.3 is 25.8 Å². The molecule has 0 aliphatic carbocycles. The van der Waals surface area contributed by atoms with Crippen molar-refractivity contribution in [3.05, 3.63) is 0 Å². The molecule has 0 aromatic rings. The van der Waals surface area contributed by atoms with Gasteiger partial charge in [-0.1, -0.05) is 103 Å². The van der Waals surface area contributed by atoms with E-state index in [0.717, 1.165) is 12.8 Å². The van der Waals surface area contributed by atoms with Crippen LogP contribution >= 0.6 is 25.8 Å². The Labute approximate surface area is 186 Å². The highest BCUT2D eigenvalue weighted by Gasteiger charge is 1.98. The van der Waals surface area contributed by atoms with Crippen LogP contribution in [0.2, 0.25) is 0 Å². The third-order valence-electron chi connectivity index (χ3n) is 4.20. The quantitative estimate of drug-likeness (QED) is 0.0971. The van der Waals surface area contributed by atoms with Crippen molar-refractivity contribution in [2.45, 2.75) is 110 Å². The number of hydrogen-bond acceptors (Lipinski definition) is 9. The summed E-state index contributed by atoms with van der Waals surface area (Å²) in [7, 11) is -7.38. The summed E-state index contributed by atoms with van der Waals surface area (Å²) in [5.41, 5.74) is 0. The van der Waals surface area contributed by atoms with Crippen molar-refractivity contribution in [1.29, 1.82) is 0 Å². The Morgan fingerprint density at radius 1 is 0.433 bits per heavy atom. The Hall–Kier alpha value is 0.930. The van der Waals surface area contributed by atoms with E-state index in [0.29, 0.717) is 6.61 Å². The summed E-state index contributed by atoms with van der Waals surface area (Å²) in [6, 6.07) is 0. The van der Waals surface area contributed by atoms with E-state index in [2.05, 4.69) is 6.92 Å². The van der Waals surface area contributed by atoms with Gasteiger partial charge < -0.3 is 43.7 Å². The van der Waals surface area contributed by atoms with Gasteiger partial charge in [0.2, 0.25) is 0 Å². The average Bonchev–Trinajstić information content (AvgIpc) is 2.63. The first-order valence-corrected chi connectivity index (χ1v) is 14.3. The highest BCUT2D eigenvalue weighted by atomic mass is 31.2. The molecule has 0 amide bonds. The van der Waals surface area contributed by atoms with Gasteiger partial charge in [0.25, 0.3) is 0 Å². The first-order chi connectivity index (χ1) is 14.2. The molecule has 0 aliphatic heterocycles. The lowest BCUT2D eigenvalue weighted by atomic mass is 10.0. The second-order valence-corrected chi connectivity index (χ2v) is 8.76. The van der Waals surface area contributed by atoms with Gasteiger partial charge in [-0.2, -0.15) is 0 Å². The van der Waals surface area contributed by atoms with Crippen LogP contribution in [-0.2, 0) is 4.52 Å². The molecule has 0 aromatic heterocycles. The van der Waals surface area contributed by atoms with Gasteiger partial charge in [0.05, 0.1) is 6.61 Å². The van der Waals surface area contributed by atoms with Gasteiger partial charge in [0.1, 0.15) is 0 Å². The Morgan fingerprint density at radius 2 is 0.667 bits per heavy atom. The smallest absolute Gasteiger partial charge is 0.327 e. The summed E-state index contributed by atoms with van der Waals surface area (Å²) in [4.78, 5) is 60.5. The van der Waals surface area contributed by atoms with Crippen molar-refractivity contribution in [1.82, 2.24) is 0 Å². The molecule has 0 radical (unpaired) electrons. The maximum absolute atomic E-state index is 8.58. The first-order valence-electron chi connectivity index (χ1n) is 10.8. The second kappa shape index (κ2) is 32.1. The SMILES string of the molecule is CCCCCCCCCCCCCCCCCCOP(O)O.OP(O)O.OP(O)O. The van der Waals surface area contributed by atoms with Crippen molar-refractivity contribution in [3.8, 4) is 0 Å². The Morgan fingerprint density at radius 3 is 0.900 bits per heavy atom. The lowest BCUT2D eigenvalue weighted by Crippen LogP contribution is -1.89. The van der Waals surface area contributed by atoms with E-state index in [1.54, 1.807) is 0 Å². The fourth-order valence-corrected chi connectivity index (χ4v) is 3.09. The van der Waals surface area contributed by atoms with Crippen LogP contribution in [0.25, 0.3) is 0 Å². The zero-order valence-corrected chi connectivity index (χ0v) is 21.0. The molecular formula is C18H45O9P3. The predicted molar refractivity (Wildman–Crippen MR) is 124 cm³/mol. The zero-order chi connectivity index (χ0) is 23.5. The molecule has 186 valence electrons. The van der Waals surface area contributed by atoms with Crippen LogP contribution in [0.5, 0.6) is 0 Å². The number of hydrogen-bond donors (Lipinski definition) is 8. The van der Waals surface area contributed by atoms with E-state index >= 15 is 0 Å². The lowest BCUT2D eigenvalue weighted by molar-refractivity contribution is 0.248. The van der Waals surface area contributed by atoms with Crippen LogP contribution in [0.15, 0.2) is 0 Å². The largest absolute Gasteiger partial charge is 0.328 e. The van der Waals surface area contributed by atoms with Gasteiger partial charge in [-0.05, 0) is 6.42 Å². The lowest BCUT2D eigenvalue weighted by Gasteiger charge is -2.04. The Bertz CT molecular complexity index is 278. The van der Waals surface area contributed by atoms with E-state index in [9.17, 15) is 0 Å². The summed E-state index contributed by atoms with van der Waals surface area (Å²) in [5, 5.41) is 0. The topological polar surface area (TPSA) is 171 Å². The average molecular weight is 498 g/mol. The molecule has 0 atom stereocenters. The molecule has 30 heavy (non-hydrogen) atoms. The molecule has 0 saturated heterocycles. The summed E-state index contributed by atoms with van der Waals surface area (Å²) < 4.78 is 4.74. The van der Waals surface area contributed by atoms with Gasteiger partial charge in [0.15, 0.2) is 0 Å². The van der Waals surface area contributed by atoms with Crippen LogP contribution in [0, 0.1) is 0 Å². The molecule has 8 N–H and O–H groups in total. The van der Waals surface area contributed by atoms with Gasteiger partial charge in [-0.15, -0.1) is 0 Å².